The summed E-state index contributed by atoms with van der Waals surface area (Å²) in [5.74, 6) is 1.38. The SMILES string of the molecule is COc1cc(Nc2ncnc(OC(C)C)c2N)ccc1Cl. The second-order valence-electron chi connectivity index (χ2n) is 4.58. The topological polar surface area (TPSA) is 82.3 Å². The van der Waals surface area contributed by atoms with Gasteiger partial charge in [0.2, 0.25) is 5.88 Å². The molecule has 0 bridgehead atoms. The molecule has 1 aromatic heterocycles. The zero-order chi connectivity index (χ0) is 15.4. The summed E-state index contributed by atoms with van der Waals surface area (Å²) < 4.78 is 10.7. The van der Waals surface area contributed by atoms with Crippen molar-refractivity contribution in [3.05, 3.63) is 29.5 Å². The van der Waals surface area contributed by atoms with Crippen LogP contribution in [0.1, 0.15) is 13.8 Å². The van der Waals surface area contributed by atoms with Crippen molar-refractivity contribution in [2.24, 2.45) is 0 Å². The van der Waals surface area contributed by atoms with E-state index in [4.69, 9.17) is 26.8 Å². The first-order valence-electron chi connectivity index (χ1n) is 6.39. The molecule has 2 aromatic rings. The predicted octanol–water partition coefficient (Wildman–Crippen LogP) is 3.25. The molecule has 0 fully saturated rings. The fourth-order valence-electron chi connectivity index (χ4n) is 1.67. The first-order chi connectivity index (χ1) is 10.0. The molecule has 0 atom stereocenters. The molecular weight excluding hydrogens is 292 g/mol. The number of nitrogens with zero attached hydrogens (tertiary/aromatic N) is 2. The van der Waals surface area contributed by atoms with Crippen LogP contribution in [-0.2, 0) is 0 Å². The van der Waals surface area contributed by atoms with Gasteiger partial charge in [-0.15, -0.1) is 0 Å². The number of halogens is 1. The summed E-state index contributed by atoms with van der Waals surface area (Å²) in [6.07, 6.45) is 1.37. The van der Waals surface area contributed by atoms with Gasteiger partial charge in [-0.2, -0.15) is 4.98 Å². The fraction of sp³-hybridized carbons (Fsp3) is 0.286. The molecule has 2 rings (SSSR count). The van der Waals surface area contributed by atoms with Gasteiger partial charge in [-0.3, -0.25) is 0 Å². The number of nitrogens with two attached hydrogens (primary N) is 1. The van der Waals surface area contributed by atoms with Crippen molar-refractivity contribution in [1.29, 1.82) is 0 Å². The van der Waals surface area contributed by atoms with Crippen molar-refractivity contribution in [1.82, 2.24) is 9.97 Å². The summed E-state index contributed by atoms with van der Waals surface area (Å²) >= 11 is 5.99. The molecule has 0 amide bonds. The van der Waals surface area contributed by atoms with E-state index >= 15 is 0 Å². The van der Waals surface area contributed by atoms with Crippen LogP contribution in [0.2, 0.25) is 5.02 Å². The third kappa shape index (κ3) is 3.66. The molecule has 6 nitrogen and oxygen atoms in total. The maximum absolute atomic E-state index is 6.01. The van der Waals surface area contributed by atoms with Gasteiger partial charge in [0, 0.05) is 11.8 Å². The number of rotatable bonds is 5. The van der Waals surface area contributed by atoms with Gasteiger partial charge in [-0.05, 0) is 26.0 Å². The molecule has 1 heterocycles. The van der Waals surface area contributed by atoms with E-state index < -0.39 is 0 Å². The van der Waals surface area contributed by atoms with Gasteiger partial charge in [0.1, 0.15) is 17.8 Å². The predicted molar refractivity (Wildman–Crippen MR) is 83.5 cm³/mol. The zero-order valence-corrected chi connectivity index (χ0v) is 12.8. The minimum atomic E-state index is -0.0225. The highest BCUT2D eigenvalue weighted by Gasteiger charge is 2.11. The number of aromatic nitrogens is 2. The number of benzene rings is 1. The molecular formula is C14H17ClN4O2. The third-order valence-electron chi connectivity index (χ3n) is 2.61. The fourth-order valence-corrected chi connectivity index (χ4v) is 1.87. The lowest BCUT2D eigenvalue weighted by atomic mass is 10.3. The molecule has 0 unspecified atom stereocenters. The summed E-state index contributed by atoms with van der Waals surface area (Å²) in [7, 11) is 1.55. The van der Waals surface area contributed by atoms with E-state index in [2.05, 4.69) is 15.3 Å². The van der Waals surface area contributed by atoms with E-state index in [9.17, 15) is 0 Å². The van der Waals surface area contributed by atoms with E-state index in [1.165, 1.54) is 6.33 Å². The number of ether oxygens (including phenoxy) is 2. The maximum atomic E-state index is 6.01. The Kier molecular flexibility index (Phi) is 4.70. The standard InChI is InChI=1S/C14H17ClN4O2/c1-8(2)21-14-12(16)13(17-7-18-14)19-9-4-5-10(15)11(6-9)20-3/h4-8H,16H2,1-3H3,(H,17,18,19). The molecule has 0 spiro atoms. The first-order valence-corrected chi connectivity index (χ1v) is 6.76. The largest absolute Gasteiger partial charge is 0.495 e. The molecule has 0 aliphatic rings. The Bertz CT molecular complexity index is 634. The van der Waals surface area contributed by atoms with E-state index in [1.54, 1.807) is 25.3 Å². The molecule has 7 heteroatoms. The van der Waals surface area contributed by atoms with Crippen LogP contribution in [0.15, 0.2) is 24.5 Å². The molecule has 0 saturated heterocycles. The van der Waals surface area contributed by atoms with Crippen LogP contribution in [0.25, 0.3) is 0 Å². The van der Waals surface area contributed by atoms with Gasteiger partial charge >= 0.3 is 0 Å². The molecule has 1 aromatic carbocycles. The summed E-state index contributed by atoms with van der Waals surface area (Å²) in [5.41, 5.74) is 7.10. The number of methoxy groups -OCH3 is 1. The van der Waals surface area contributed by atoms with E-state index in [-0.39, 0.29) is 6.10 Å². The molecule has 0 saturated carbocycles. The lowest BCUT2D eigenvalue weighted by Crippen LogP contribution is -2.10. The van der Waals surface area contributed by atoms with Gasteiger partial charge in [0.25, 0.3) is 0 Å². The van der Waals surface area contributed by atoms with Gasteiger partial charge in [-0.25, -0.2) is 4.98 Å². The normalized spacial score (nSPS) is 10.5. The number of anilines is 3. The summed E-state index contributed by atoms with van der Waals surface area (Å²) in [6, 6.07) is 5.29. The van der Waals surface area contributed by atoms with Crippen molar-refractivity contribution in [3.8, 4) is 11.6 Å². The molecule has 0 aliphatic carbocycles. The summed E-state index contributed by atoms with van der Waals surface area (Å²) in [6.45, 7) is 3.80. The summed E-state index contributed by atoms with van der Waals surface area (Å²) in [5, 5.41) is 3.62. The third-order valence-corrected chi connectivity index (χ3v) is 2.92. The average Bonchev–Trinajstić information content (AvgIpc) is 2.44. The van der Waals surface area contributed by atoms with Gasteiger partial charge in [0.15, 0.2) is 5.82 Å². The van der Waals surface area contributed by atoms with Crippen LogP contribution in [0.5, 0.6) is 11.6 Å². The number of hydrogen-bond acceptors (Lipinski definition) is 6. The molecule has 0 aliphatic heterocycles. The van der Waals surface area contributed by atoms with Crippen LogP contribution in [0, 0.1) is 0 Å². The number of hydrogen-bond donors (Lipinski definition) is 2. The second-order valence-corrected chi connectivity index (χ2v) is 4.99. The number of nitrogen functional groups attached to an aromatic ring is 1. The van der Waals surface area contributed by atoms with Crippen molar-refractivity contribution in [3.63, 3.8) is 0 Å². The van der Waals surface area contributed by atoms with Crippen LogP contribution in [0.4, 0.5) is 17.2 Å². The highest BCUT2D eigenvalue weighted by molar-refractivity contribution is 6.32. The summed E-state index contributed by atoms with van der Waals surface area (Å²) in [4.78, 5) is 8.14. The quantitative estimate of drug-likeness (QED) is 0.882. The average molecular weight is 309 g/mol. The molecule has 112 valence electrons. The monoisotopic (exact) mass is 308 g/mol. The van der Waals surface area contributed by atoms with Crippen LogP contribution < -0.4 is 20.5 Å². The minimum absolute atomic E-state index is 0.0225. The van der Waals surface area contributed by atoms with E-state index in [1.807, 2.05) is 13.8 Å². The van der Waals surface area contributed by atoms with E-state index in [0.717, 1.165) is 5.69 Å². The maximum Gasteiger partial charge on any atom is 0.242 e. The highest BCUT2D eigenvalue weighted by Crippen LogP contribution is 2.31. The Labute approximate surface area is 128 Å². The molecule has 21 heavy (non-hydrogen) atoms. The Morgan fingerprint density at radius 1 is 1.29 bits per heavy atom. The Hall–Kier alpha value is -2.21. The second kappa shape index (κ2) is 6.49. The van der Waals surface area contributed by atoms with Crippen molar-refractivity contribution in [2.75, 3.05) is 18.2 Å². The smallest absolute Gasteiger partial charge is 0.242 e. The van der Waals surface area contributed by atoms with Crippen LogP contribution in [-0.4, -0.2) is 23.2 Å². The van der Waals surface area contributed by atoms with Gasteiger partial charge in [-0.1, -0.05) is 11.6 Å². The van der Waals surface area contributed by atoms with Crippen molar-refractivity contribution < 1.29 is 9.47 Å². The van der Waals surface area contributed by atoms with E-state index in [0.29, 0.717) is 28.2 Å². The minimum Gasteiger partial charge on any atom is -0.495 e. The Balaban J connectivity index is 2.27. The highest BCUT2D eigenvalue weighted by atomic mass is 35.5. The van der Waals surface area contributed by atoms with Crippen molar-refractivity contribution >= 4 is 28.8 Å². The van der Waals surface area contributed by atoms with Crippen molar-refractivity contribution in [2.45, 2.75) is 20.0 Å². The lowest BCUT2D eigenvalue weighted by molar-refractivity contribution is 0.234. The van der Waals surface area contributed by atoms with Gasteiger partial charge in [0.05, 0.1) is 18.2 Å². The van der Waals surface area contributed by atoms with Crippen LogP contribution in [0.3, 0.4) is 0 Å². The Morgan fingerprint density at radius 3 is 2.71 bits per heavy atom. The zero-order valence-electron chi connectivity index (χ0n) is 12.1. The van der Waals surface area contributed by atoms with Gasteiger partial charge < -0.3 is 20.5 Å². The Morgan fingerprint density at radius 2 is 2.05 bits per heavy atom. The van der Waals surface area contributed by atoms with Crippen LogP contribution >= 0.6 is 11.6 Å². The first kappa shape index (κ1) is 15.2. The molecule has 3 N–H and O–H groups in total. The lowest BCUT2D eigenvalue weighted by Gasteiger charge is -2.14. The molecule has 0 radical (unpaired) electrons. The number of nitrogens with one attached hydrogen (secondary N) is 1.